The van der Waals surface area contributed by atoms with Crippen LogP contribution in [0.3, 0.4) is 0 Å². The Labute approximate surface area is 144 Å². The highest BCUT2D eigenvalue weighted by molar-refractivity contribution is 7.15. The van der Waals surface area contributed by atoms with Crippen LogP contribution in [0.25, 0.3) is 10.8 Å². The third kappa shape index (κ3) is 3.11. The summed E-state index contributed by atoms with van der Waals surface area (Å²) in [5, 5.41) is 8.64. The van der Waals surface area contributed by atoms with Crippen molar-refractivity contribution >= 4 is 39.0 Å². The van der Waals surface area contributed by atoms with Crippen LogP contribution in [0.15, 0.2) is 42.5 Å². The number of nitrogens with zero attached hydrogens (tertiary/aromatic N) is 2. The highest BCUT2D eigenvalue weighted by Crippen LogP contribution is 2.28. The fraction of sp³-hybridized carbons (Fsp3) is 0.222. The summed E-state index contributed by atoms with van der Waals surface area (Å²) in [5.74, 6) is 0. The van der Waals surface area contributed by atoms with E-state index in [9.17, 15) is 4.79 Å². The quantitative estimate of drug-likeness (QED) is 0.744. The van der Waals surface area contributed by atoms with Crippen LogP contribution in [-0.4, -0.2) is 29.5 Å². The summed E-state index contributed by atoms with van der Waals surface area (Å²) < 4.78 is 0. The van der Waals surface area contributed by atoms with Gasteiger partial charge in [0.15, 0.2) is 5.13 Å². The summed E-state index contributed by atoms with van der Waals surface area (Å²) in [6.07, 6.45) is 0.941. The number of hydrogen-bond donors (Lipinski definition) is 2. The van der Waals surface area contributed by atoms with Crippen molar-refractivity contribution in [3.8, 4) is 0 Å². The number of carbonyl (C=O) groups excluding carboxylic acids is 1. The molecule has 1 aliphatic heterocycles. The van der Waals surface area contributed by atoms with Crippen LogP contribution in [0, 0.1) is 0 Å². The first-order chi connectivity index (χ1) is 11.7. The fourth-order valence-corrected chi connectivity index (χ4v) is 3.99. The first-order valence-corrected chi connectivity index (χ1v) is 8.73. The van der Waals surface area contributed by atoms with Crippen molar-refractivity contribution in [3.63, 3.8) is 0 Å². The van der Waals surface area contributed by atoms with E-state index >= 15 is 0 Å². The van der Waals surface area contributed by atoms with E-state index in [1.54, 1.807) is 11.3 Å². The van der Waals surface area contributed by atoms with Gasteiger partial charge in [-0.3, -0.25) is 5.32 Å². The molecule has 0 unspecified atom stereocenters. The van der Waals surface area contributed by atoms with E-state index < -0.39 is 0 Å². The number of urea groups is 1. The van der Waals surface area contributed by atoms with Crippen molar-refractivity contribution < 1.29 is 4.79 Å². The fourth-order valence-electron chi connectivity index (χ4n) is 2.90. The summed E-state index contributed by atoms with van der Waals surface area (Å²) in [5.41, 5.74) is 1.88. The highest BCUT2D eigenvalue weighted by Gasteiger charge is 2.19. The number of amides is 2. The van der Waals surface area contributed by atoms with Crippen LogP contribution in [0.4, 0.5) is 15.6 Å². The summed E-state index contributed by atoms with van der Waals surface area (Å²) in [7, 11) is 2.10. The molecule has 0 aliphatic carbocycles. The lowest BCUT2D eigenvalue weighted by Crippen LogP contribution is -2.25. The maximum Gasteiger partial charge on any atom is 0.325 e. The zero-order chi connectivity index (χ0) is 16.5. The molecule has 4 rings (SSSR count). The first-order valence-electron chi connectivity index (χ1n) is 7.91. The summed E-state index contributed by atoms with van der Waals surface area (Å²) in [6.45, 7) is 1.92. The molecule has 122 valence electrons. The van der Waals surface area contributed by atoms with Crippen molar-refractivity contribution in [2.75, 3.05) is 24.2 Å². The van der Waals surface area contributed by atoms with Gasteiger partial charge in [-0.1, -0.05) is 30.3 Å². The molecule has 2 amide bonds. The minimum absolute atomic E-state index is 0.260. The minimum atomic E-state index is -0.260. The Kier molecular flexibility index (Phi) is 3.92. The molecule has 24 heavy (non-hydrogen) atoms. The van der Waals surface area contributed by atoms with Gasteiger partial charge in [-0.05, 0) is 30.0 Å². The molecule has 3 aromatic rings. The van der Waals surface area contributed by atoms with E-state index in [1.807, 2.05) is 36.4 Å². The van der Waals surface area contributed by atoms with Gasteiger partial charge in [-0.25, -0.2) is 9.78 Å². The Morgan fingerprint density at radius 1 is 1.17 bits per heavy atom. The first kappa shape index (κ1) is 15.1. The number of hydrogen-bond acceptors (Lipinski definition) is 4. The normalized spacial score (nSPS) is 14.4. The summed E-state index contributed by atoms with van der Waals surface area (Å²) in [6, 6.07) is 13.7. The third-order valence-corrected chi connectivity index (χ3v) is 5.15. The van der Waals surface area contributed by atoms with Crippen LogP contribution in [0.1, 0.15) is 10.6 Å². The minimum Gasteiger partial charge on any atom is -0.308 e. The average molecular weight is 338 g/mol. The van der Waals surface area contributed by atoms with E-state index in [2.05, 4.69) is 33.6 Å². The Morgan fingerprint density at radius 2 is 2.00 bits per heavy atom. The molecule has 1 aromatic heterocycles. The van der Waals surface area contributed by atoms with Crippen molar-refractivity contribution in [1.29, 1.82) is 0 Å². The second-order valence-corrected chi connectivity index (χ2v) is 7.10. The van der Waals surface area contributed by atoms with E-state index in [0.717, 1.165) is 41.7 Å². The number of benzene rings is 2. The van der Waals surface area contributed by atoms with Crippen molar-refractivity contribution in [3.05, 3.63) is 53.0 Å². The molecule has 2 aromatic carbocycles. The Hall–Kier alpha value is -2.44. The number of likely N-dealkylation sites (N-methyl/N-ethyl adjacent to an activating group) is 1. The van der Waals surface area contributed by atoms with Gasteiger partial charge in [0.2, 0.25) is 0 Å². The van der Waals surface area contributed by atoms with Gasteiger partial charge in [-0.2, -0.15) is 0 Å². The number of carbonyl (C=O) groups is 1. The molecule has 0 saturated carbocycles. The van der Waals surface area contributed by atoms with E-state index in [4.69, 9.17) is 0 Å². The second kappa shape index (κ2) is 6.22. The van der Waals surface area contributed by atoms with Crippen molar-refractivity contribution in [1.82, 2.24) is 9.88 Å². The molecule has 5 nitrogen and oxygen atoms in total. The van der Waals surface area contributed by atoms with Gasteiger partial charge in [-0.15, -0.1) is 11.3 Å². The molecule has 0 fully saturated rings. The zero-order valence-corrected chi connectivity index (χ0v) is 14.2. The molecule has 2 heterocycles. The summed E-state index contributed by atoms with van der Waals surface area (Å²) >= 11 is 1.56. The number of fused-ring (bicyclic) bond motifs is 2. The predicted molar refractivity (Wildman–Crippen MR) is 98.7 cm³/mol. The van der Waals surface area contributed by atoms with Gasteiger partial charge in [0.25, 0.3) is 0 Å². The molecular formula is C18H18N4OS. The van der Waals surface area contributed by atoms with Gasteiger partial charge >= 0.3 is 6.03 Å². The molecule has 2 N–H and O–H groups in total. The predicted octanol–water partition coefficient (Wildman–Crippen LogP) is 3.93. The van der Waals surface area contributed by atoms with Crippen molar-refractivity contribution in [2.24, 2.45) is 0 Å². The SMILES string of the molecule is CN1CCc2nc(NC(=O)Nc3ccc4ccccc4c3)sc2C1. The van der Waals surface area contributed by atoms with E-state index in [0.29, 0.717) is 5.13 Å². The molecule has 0 spiro atoms. The maximum atomic E-state index is 12.2. The topological polar surface area (TPSA) is 57.3 Å². The van der Waals surface area contributed by atoms with E-state index in [-0.39, 0.29) is 6.03 Å². The maximum absolute atomic E-state index is 12.2. The number of nitrogens with one attached hydrogen (secondary N) is 2. The van der Waals surface area contributed by atoms with Gasteiger partial charge < -0.3 is 10.2 Å². The Morgan fingerprint density at radius 3 is 2.88 bits per heavy atom. The van der Waals surface area contributed by atoms with Crippen LogP contribution in [-0.2, 0) is 13.0 Å². The van der Waals surface area contributed by atoms with Gasteiger partial charge in [0.1, 0.15) is 0 Å². The molecule has 0 saturated heterocycles. The smallest absolute Gasteiger partial charge is 0.308 e. The Balaban J connectivity index is 1.46. The van der Waals surface area contributed by atoms with Gasteiger partial charge in [0, 0.05) is 30.1 Å². The summed E-state index contributed by atoms with van der Waals surface area (Å²) in [4.78, 5) is 20.3. The van der Waals surface area contributed by atoms with Crippen LogP contribution >= 0.6 is 11.3 Å². The van der Waals surface area contributed by atoms with Gasteiger partial charge in [0.05, 0.1) is 5.69 Å². The number of rotatable bonds is 2. The van der Waals surface area contributed by atoms with Crippen LogP contribution < -0.4 is 10.6 Å². The molecule has 0 atom stereocenters. The van der Waals surface area contributed by atoms with Crippen molar-refractivity contribution in [2.45, 2.75) is 13.0 Å². The average Bonchev–Trinajstić information content (AvgIpc) is 2.95. The number of anilines is 2. The zero-order valence-electron chi connectivity index (χ0n) is 13.4. The lowest BCUT2D eigenvalue weighted by atomic mass is 10.1. The molecule has 1 aliphatic rings. The number of aromatic nitrogens is 1. The second-order valence-electron chi connectivity index (χ2n) is 6.02. The lowest BCUT2D eigenvalue weighted by Gasteiger charge is -2.20. The standard InChI is InChI=1S/C18H18N4OS/c1-22-9-8-15-16(11-22)24-18(20-15)21-17(23)19-14-7-6-12-4-2-3-5-13(12)10-14/h2-7,10H,8-9,11H2,1H3,(H2,19,20,21,23). The monoisotopic (exact) mass is 338 g/mol. The molecule has 0 bridgehead atoms. The molecular weight excluding hydrogens is 320 g/mol. The lowest BCUT2D eigenvalue weighted by molar-refractivity contribution is 0.262. The highest BCUT2D eigenvalue weighted by atomic mass is 32.1. The molecule has 0 radical (unpaired) electrons. The third-order valence-electron chi connectivity index (χ3n) is 4.15. The van der Waals surface area contributed by atoms with Crippen LogP contribution in [0.2, 0.25) is 0 Å². The molecule has 6 heteroatoms. The van der Waals surface area contributed by atoms with Crippen LogP contribution in [0.5, 0.6) is 0 Å². The largest absolute Gasteiger partial charge is 0.325 e. The Bertz CT molecular complexity index is 905. The van der Waals surface area contributed by atoms with E-state index in [1.165, 1.54) is 4.88 Å². The number of thiazole rings is 1.